The van der Waals surface area contributed by atoms with Gasteiger partial charge >= 0.3 is 0 Å². The first-order valence-corrected chi connectivity index (χ1v) is 12.6. The molecule has 0 radical (unpaired) electrons. The molecule has 0 amide bonds. The molecule has 1 atom stereocenters. The van der Waals surface area contributed by atoms with E-state index < -0.39 is 8.07 Å². The molecule has 25 heavy (non-hydrogen) atoms. The Balaban J connectivity index is 1.86. The summed E-state index contributed by atoms with van der Waals surface area (Å²) < 4.78 is 0. The van der Waals surface area contributed by atoms with Gasteiger partial charge in [-0.3, -0.25) is 9.69 Å². The van der Waals surface area contributed by atoms with Crippen molar-refractivity contribution in [2.45, 2.75) is 38.6 Å². The lowest BCUT2D eigenvalue weighted by atomic mass is 10.0. The van der Waals surface area contributed by atoms with Crippen LogP contribution in [0, 0.1) is 0 Å². The van der Waals surface area contributed by atoms with Crippen LogP contribution in [0.3, 0.4) is 0 Å². The van der Waals surface area contributed by atoms with Gasteiger partial charge in [0.25, 0.3) is 0 Å². The summed E-state index contributed by atoms with van der Waals surface area (Å²) in [6, 6.07) is 20.8. The molecule has 130 valence electrons. The van der Waals surface area contributed by atoms with Gasteiger partial charge in [0.2, 0.25) is 0 Å². The predicted octanol–water partition coefficient (Wildman–Crippen LogP) is 4.49. The average molecular weight is 350 g/mol. The maximum absolute atomic E-state index is 13.1. The van der Waals surface area contributed by atoms with Crippen molar-refractivity contribution in [3.63, 3.8) is 0 Å². The van der Waals surface area contributed by atoms with Crippen LogP contribution in [0.2, 0.25) is 19.6 Å². The normalized spacial score (nSPS) is 20.4. The number of nitrogens with zero attached hydrogens (tertiary/aromatic N) is 1. The number of carbonyl (C=O) groups is 1. The fourth-order valence-electron chi connectivity index (χ4n) is 3.47. The van der Waals surface area contributed by atoms with Gasteiger partial charge < -0.3 is 0 Å². The van der Waals surface area contributed by atoms with Crippen LogP contribution in [0.4, 0.5) is 0 Å². The number of hydrogen-bond acceptors (Lipinski definition) is 2. The summed E-state index contributed by atoms with van der Waals surface area (Å²) in [6.07, 6.45) is 0.787. The highest BCUT2D eigenvalue weighted by atomic mass is 28.3. The SMILES string of the molecule is C[Si](C)(C)C=C1CN(Cc2ccccc2)[C@@H](Cc2ccccc2)C1=O. The highest BCUT2D eigenvalue weighted by molar-refractivity contribution is 6.81. The van der Waals surface area contributed by atoms with Crippen LogP contribution >= 0.6 is 0 Å². The quantitative estimate of drug-likeness (QED) is 0.586. The molecule has 1 aliphatic rings. The van der Waals surface area contributed by atoms with E-state index in [0.29, 0.717) is 5.78 Å². The number of likely N-dealkylation sites (tertiary alicyclic amines) is 1. The Hall–Kier alpha value is -1.97. The molecule has 2 aromatic carbocycles. The molecule has 0 spiro atoms. The minimum atomic E-state index is -1.42. The maximum Gasteiger partial charge on any atom is 0.176 e. The predicted molar refractivity (Wildman–Crippen MR) is 107 cm³/mol. The third kappa shape index (κ3) is 4.77. The van der Waals surface area contributed by atoms with Crippen molar-refractivity contribution < 1.29 is 4.79 Å². The van der Waals surface area contributed by atoms with Gasteiger partial charge in [0.15, 0.2) is 5.78 Å². The molecule has 3 heteroatoms. The van der Waals surface area contributed by atoms with Crippen molar-refractivity contribution in [1.82, 2.24) is 4.90 Å². The van der Waals surface area contributed by atoms with Gasteiger partial charge in [0, 0.05) is 18.7 Å². The molecule has 0 unspecified atom stereocenters. The highest BCUT2D eigenvalue weighted by Crippen LogP contribution is 2.26. The van der Waals surface area contributed by atoms with Crippen LogP contribution in [0.15, 0.2) is 71.9 Å². The van der Waals surface area contributed by atoms with E-state index in [0.717, 1.165) is 25.1 Å². The first-order valence-electron chi connectivity index (χ1n) is 9.00. The Bertz CT molecular complexity index is 747. The molecule has 0 bridgehead atoms. The Morgan fingerprint density at radius 1 is 0.960 bits per heavy atom. The average Bonchev–Trinajstić information content (AvgIpc) is 2.84. The number of Topliss-reactive ketones (excluding diaryl/α,β-unsaturated/α-hetero) is 1. The van der Waals surface area contributed by atoms with Crippen molar-refractivity contribution in [2.75, 3.05) is 6.54 Å². The second kappa shape index (κ2) is 7.50. The number of hydrogen-bond donors (Lipinski definition) is 0. The van der Waals surface area contributed by atoms with Crippen LogP contribution in [-0.2, 0) is 17.8 Å². The molecule has 1 saturated heterocycles. The first kappa shape index (κ1) is 17.8. The standard InChI is InChI=1S/C22H27NOSi/c1-25(2,3)17-20-16-23(15-19-12-8-5-9-13-19)21(22(20)24)14-18-10-6-4-7-11-18/h4-13,17,21H,14-16H2,1-3H3/t21-/m0/s1. The van der Waals surface area contributed by atoms with Crippen molar-refractivity contribution in [2.24, 2.45) is 0 Å². The summed E-state index contributed by atoms with van der Waals surface area (Å²) in [6.45, 7) is 8.47. The Kier molecular flexibility index (Phi) is 5.35. The summed E-state index contributed by atoms with van der Waals surface area (Å²) >= 11 is 0. The zero-order valence-electron chi connectivity index (χ0n) is 15.4. The lowest BCUT2D eigenvalue weighted by molar-refractivity contribution is -0.117. The van der Waals surface area contributed by atoms with Gasteiger partial charge in [0.1, 0.15) is 0 Å². The minimum Gasteiger partial charge on any atom is -0.293 e. The Labute approximate surface area is 152 Å². The minimum absolute atomic E-state index is 0.0507. The van der Waals surface area contributed by atoms with E-state index in [4.69, 9.17) is 0 Å². The monoisotopic (exact) mass is 349 g/mol. The molecule has 0 saturated carbocycles. The smallest absolute Gasteiger partial charge is 0.176 e. The molecule has 0 aliphatic carbocycles. The lowest BCUT2D eigenvalue weighted by Gasteiger charge is -2.23. The third-order valence-electron chi connectivity index (χ3n) is 4.54. The zero-order chi connectivity index (χ0) is 17.9. The van der Waals surface area contributed by atoms with Gasteiger partial charge in [0.05, 0.1) is 14.1 Å². The number of ketones is 1. The largest absolute Gasteiger partial charge is 0.293 e. The van der Waals surface area contributed by atoms with E-state index in [1.54, 1.807) is 0 Å². The summed E-state index contributed by atoms with van der Waals surface area (Å²) in [5, 5.41) is 0. The molecule has 0 aromatic heterocycles. The van der Waals surface area contributed by atoms with Crippen molar-refractivity contribution in [3.05, 3.63) is 83.1 Å². The summed E-state index contributed by atoms with van der Waals surface area (Å²) in [4.78, 5) is 15.4. The van der Waals surface area contributed by atoms with Crippen LogP contribution in [0.25, 0.3) is 0 Å². The van der Waals surface area contributed by atoms with Crippen LogP contribution in [0.1, 0.15) is 11.1 Å². The van der Waals surface area contributed by atoms with Crippen LogP contribution in [0.5, 0.6) is 0 Å². The molecule has 3 rings (SSSR count). The fourth-order valence-corrected chi connectivity index (χ4v) is 4.75. The van der Waals surface area contributed by atoms with Crippen LogP contribution < -0.4 is 0 Å². The summed E-state index contributed by atoms with van der Waals surface area (Å²) in [5.41, 5.74) is 5.81. The number of carbonyl (C=O) groups excluding carboxylic acids is 1. The van der Waals surface area contributed by atoms with Gasteiger partial charge in [-0.2, -0.15) is 0 Å². The van der Waals surface area contributed by atoms with Gasteiger partial charge in [-0.1, -0.05) is 86.0 Å². The Morgan fingerprint density at radius 2 is 1.52 bits per heavy atom. The second-order valence-corrected chi connectivity index (χ2v) is 13.0. The van der Waals surface area contributed by atoms with Crippen molar-refractivity contribution in [1.29, 1.82) is 0 Å². The van der Waals surface area contributed by atoms with E-state index in [-0.39, 0.29) is 6.04 Å². The van der Waals surface area contributed by atoms with Crippen molar-refractivity contribution in [3.8, 4) is 0 Å². The van der Waals surface area contributed by atoms with E-state index in [9.17, 15) is 4.79 Å². The number of benzene rings is 2. The van der Waals surface area contributed by atoms with Crippen LogP contribution in [-0.4, -0.2) is 31.3 Å². The zero-order valence-corrected chi connectivity index (χ0v) is 16.4. The summed E-state index contributed by atoms with van der Waals surface area (Å²) in [5.74, 6) is 0.321. The second-order valence-electron chi connectivity index (χ2n) is 8.00. The molecule has 1 heterocycles. The molecule has 1 fully saturated rings. The van der Waals surface area contributed by atoms with E-state index in [2.05, 4.69) is 78.8 Å². The lowest BCUT2D eigenvalue weighted by Crippen LogP contribution is -2.34. The van der Waals surface area contributed by atoms with E-state index in [1.807, 2.05) is 12.1 Å². The molecular weight excluding hydrogens is 322 g/mol. The topological polar surface area (TPSA) is 20.3 Å². The molecule has 2 nitrogen and oxygen atoms in total. The van der Waals surface area contributed by atoms with E-state index in [1.165, 1.54) is 11.1 Å². The fraction of sp³-hybridized carbons (Fsp3) is 0.318. The highest BCUT2D eigenvalue weighted by Gasteiger charge is 2.36. The maximum atomic E-state index is 13.1. The molecule has 1 aliphatic heterocycles. The van der Waals surface area contributed by atoms with Gasteiger partial charge in [-0.25, -0.2) is 0 Å². The van der Waals surface area contributed by atoms with Gasteiger partial charge in [-0.15, -0.1) is 0 Å². The molecule has 0 N–H and O–H groups in total. The van der Waals surface area contributed by atoms with E-state index >= 15 is 0 Å². The molecular formula is C22H27NOSi. The Morgan fingerprint density at radius 3 is 2.08 bits per heavy atom. The van der Waals surface area contributed by atoms with Gasteiger partial charge in [-0.05, 0) is 17.5 Å². The summed E-state index contributed by atoms with van der Waals surface area (Å²) in [7, 11) is -1.42. The third-order valence-corrected chi connectivity index (χ3v) is 5.76. The van der Waals surface area contributed by atoms with Crippen molar-refractivity contribution >= 4 is 13.9 Å². The molecule has 2 aromatic rings. The first-order chi connectivity index (χ1) is 11.9. The number of rotatable bonds is 5.